The fourth-order valence-electron chi connectivity index (χ4n) is 4.88. The highest BCUT2D eigenvalue weighted by molar-refractivity contribution is 7.08. The number of likely N-dealkylation sites (N-methyl/N-ethyl adjacent to an activating group) is 1. The molecule has 1 heterocycles. The van der Waals surface area contributed by atoms with Gasteiger partial charge in [-0.1, -0.05) is 81.4 Å². The van der Waals surface area contributed by atoms with Crippen molar-refractivity contribution in [3.63, 3.8) is 0 Å². The summed E-state index contributed by atoms with van der Waals surface area (Å²) in [6.07, 6.45) is -1.24. The third-order valence-corrected chi connectivity index (χ3v) is 7.50. The molecule has 8 nitrogen and oxygen atoms in total. The van der Waals surface area contributed by atoms with Crippen LogP contribution in [0.5, 0.6) is 0 Å². The summed E-state index contributed by atoms with van der Waals surface area (Å²) in [6.45, 7) is 5.40. The van der Waals surface area contributed by atoms with Gasteiger partial charge in [0.2, 0.25) is 5.91 Å². The van der Waals surface area contributed by atoms with E-state index in [4.69, 9.17) is 0 Å². The van der Waals surface area contributed by atoms with E-state index < -0.39 is 41.6 Å². The highest BCUT2D eigenvalue weighted by Crippen LogP contribution is 2.25. The number of carbonyl (C=O) groups is 3. The molecule has 0 saturated heterocycles. The lowest BCUT2D eigenvalue weighted by molar-refractivity contribution is -0.130. The predicted octanol–water partition coefficient (Wildman–Crippen LogP) is 4.59. The average Bonchev–Trinajstić information content (AvgIpc) is 3.44. The van der Waals surface area contributed by atoms with Gasteiger partial charge in [0, 0.05) is 24.0 Å². The molecule has 0 spiro atoms. The molecule has 0 aliphatic rings. The molecule has 0 fully saturated rings. The van der Waals surface area contributed by atoms with Crippen LogP contribution in [0.15, 0.2) is 77.5 Å². The highest BCUT2D eigenvalue weighted by atomic mass is 32.1. The molecule has 4 atom stereocenters. The molecule has 3 aromatic rings. The normalized spacial score (nSPS) is 14.4. The molecule has 3 rings (SSSR count). The van der Waals surface area contributed by atoms with Crippen molar-refractivity contribution in [1.29, 1.82) is 0 Å². The van der Waals surface area contributed by atoms with Crippen LogP contribution in [0.1, 0.15) is 48.7 Å². The third-order valence-electron chi connectivity index (χ3n) is 6.82. The molecule has 0 saturated carbocycles. The molecule has 0 bridgehead atoms. The Balaban J connectivity index is 1.86. The summed E-state index contributed by atoms with van der Waals surface area (Å²) in [7, 11) is 1.37. The molecule has 0 aliphatic heterocycles. The van der Waals surface area contributed by atoms with E-state index in [-0.39, 0.29) is 12.3 Å². The maximum Gasteiger partial charge on any atom is 0.407 e. The van der Waals surface area contributed by atoms with Gasteiger partial charge >= 0.3 is 6.09 Å². The number of nitrogens with one attached hydrogen (secondary N) is 2. The quantitative estimate of drug-likeness (QED) is 0.256. The lowest BCUT2D eigenvalue weighted by Crippen LogP contribution is -2.58. The monoisotopic (exact) mass is 565 g/mol. The Hall–Kier alpha value is -3.69. The summed E-state index contributed by atoms with van der Waals surface area (Å²) in [5.41, 5.74) is 1.78. The first-order chi connectivity index (χ1) is 19.0. The zero-order valence-electron chi connectivity index (χ0n) is 23.4. The number of amides is 3. The van der Waals surface area contributed by atoms with Crippen molar-refractivity contribution in [3.8, 4) is 0 Å². The third kappa shape index (κ3) is 8.93. The number of aliphatic hydroxyl groups excluding tert-OH is 1. The summed E-state index contributed by atoms with van der Waals surface area (Å²) < 4.78 is 0. The molecule has 3 amide bonds. The second-order valence-corrected chi connectivity index (χ2v) is 11.9. The molecular formula is C31H39N3O5S. The van der Waals surface area contributed by atoms with Gasteiger partial charge in [0.25, 0.3) is 5.91 Å². The zero-order valence-corrected chi connectivity index (χ0v) is 24.2. The minimum absolute atomic E-state index is 0.178. The SMILES string of the molecule is CN(C(=O)O)[C@H](C(=O)N[C@@H](Cc1ccccc1)[C@H](O)C[C@H](Cc1ccccc1)NC(=O)c1ccsc1)C(C)(C)C. The molecule has 40 heavy (non-hydrogen) atoms. The van der Waals surface area contributed by atoms with Crippen molar-refractivity contribution in [1.82, 2.24) is 15.5 Å². The van der Waals surface area contributed by atoms with Crippen molar-refractivity contribution < 1.29 is 24.6 Å². The maximum atomic E-state index is 13.6. The van der Waals surface area contributed by atoms with E-state index in [0.717, 1.165) is 16.0 Å². The lowest BCUT2D eigenvalue weighted by Gasteiger charge is -2.37. The van der Waals surface area contributed by atoms with E-state index in [2.05, 4.69) is 10.6 Å². The van der Waals surface area contributed by atoms with Crippen LogP contribution in [-0.2, 0) is 17.6 Å². The number of hydrogen-bond acceptors (Lipinski definition) is 5. The van der Waals surface area contributed by atoms with Gasteiger partial charge in [0.1, 0.15) is 6.04 Å². The Morgan fingerprint density at radius 3 is 1.98 bits per heavy atom. The Morgan fingerprint density at radius 2 is 1.48 bits per heavy atom. The van der Waals surface area contributed by atoms with Gasteiger partial charge in [-0.3, -0.25) is 14.5 Å². The topological polar surface area (TPSA) is 119 Å². The Kier molecular flexibility index (Phi) is 10.9. The van der Waals surface area contributed by atoms with Crippen LogP contribution in [0.2, 0.25) is 0 Å². The van der Waals surface area contributed by atoms with Crippen LogP contribution in [0.25, 0.3) is 0 Å². The first-order valence-electron chi connectivity index (χ1n) is 13.3. The van der Waals surface area contributed by atoms with Gasteiger partial charge in [-0.2, -0.15) is 11.3 Å². The molecule has 0 aliphatic carbocycles. The Bertz CT molecular complexity index is 1230. The zero-order chi connectivity index (χ0) is 29.3. The van der Waals surface area contributed by atoms with Crippen molar-refractivity contribution in [2.24, 2.45) is 5.41 Å². The van der Waals surface area contributed by atoms with Crippen LogP contribution >= 0.6 is 11.3 Å². The number of rotatable bonds is 12. The molecule has 1 aromatic heterocycles. The number of hydrogen-bond donors (Lipinski definition) is 4. The molecule has 0 radical (unpaired) electrons. The van der Waals surface area contributed by atoms with Gasteiger partial charge in [-0.15, -0.1) is 0 Å². The van der Waals surface area contributed by atoms with E-state index in [9.17, 15) is 24.6 Å². The average molecular weight is 566 g/mol. The highest BCUT2D eigenvalue weighted by Gasteiger charge is 2.39. The number of aliphatic hydroxyl groups is 1. The minimum atomic E-state index is -1.21. The van der Waals surface area contributed by atoms with Gasteiger partial charge in [-0.25, -0.2) is 4.79 Å². The second-order valence-electron chi connectivity index (χ2n) is 11.1. The van der Waals surface area contributed by atoms with Crippen LogP contribution in [0, 0.1) is 5.41 Å². The van der Waals surface area contributed by atoms with Gasteiger partial charge in [0.05, 0.1) is 12.1 Å². The van der Waals surface area contributed by atoms with Crippen molar-refractivity contribution >= 4 is 29.2 Å². The van der Waals surface area contributed by atoms with Gasteiger partial charge in [0.15, 0.2) is 0 Å². The number of benzene rings is 2. The standard InChI is InChI=1S/C31H39N3O5S/c1-31(2,3)27(34(4)30(38)39)29(37)33-25(18-22-13-9-6-10-14-22)26(35)19-24(17-21-11-7-5-8-12-21)32-28(36)23-15-16-40-20-23/h5-16,20,24-27,35H,17-19H2,1-4H3,(H,32,36)(H,33,37)(H,38,39)/t24-,25-,26+,27+/m0/s1. The van der Waals surface area contributed by atoms with Crippen molar-refractivity contribution in [2.75, 3.05) is 7.05 Å². The van der Waals surface area contributed by atoms with E-state index in [1.165, 1.54) is 18.4 Å². The summed E-state index contributed by atoms with van der Waals surface area (Å²) in [6, 6.07) is 18.8. The molecule has 4 N–H and O–H groups in total. The summed E-state index contributed by atoms with van der Waals surface area (Å²) in [5.74, 6) is -0.715. The predicted molar refractivity (Wildman–Crippen MR) is 157 cm³/mol. The van der Waals surface area contributed by atoms with Gasteiger partial charge < -0.3 is 20.8 Å². The van der Waals surface area contributed by atoms with Crippen LogP contribution in [0.4, 0.5) is 4.79 Å². The Morgan fingerprint density at radius 1 is 0.900 bits per heavy atom. The number of nitrogens with zero attached hydrogens (tertiary/aromatic N) is 1. The molecule has 2 aromatic carbocycles. The summed E-state index contributed by atoms with van der Waals surface area (Å²) in [5, 5.41) is 30.8. The van der Waals surface area contributed by atoms with E-state index in [1.54, 1.807) is 32.2 Å². The van der Waals surface area contributed by atoms with E-state index >= 15 is 0 Å². The Labute approximate surface area is 240 Å². The molecule has 0 unspecified atom stereocenters. The smallest absolute Gasteiger partial charge is 0.407 e. The molecular weight excluding hydrogens is 526 g/mol. The fraction of sp³-hybridized carbons (Fsp3) is 0.387. The largest absolute Gasteiger partial charge is 0.465 e. The summed E-state index contributed by atoms with van der Waals surface area (Å²) >= 11 is 1.43. The van der Waals surface area contributed by atoms with Crippen molar-refractivity contribution in [3.05, 3.63) is 94.2 Å². The second kappa shape index (κ2) is 14.1. The molecule has 214 valence electrons. The van der Waals surface area contributed by atoms with Crippen molar-refractivity contribution in [2.45, 2.75) is 64.3 Å². The van der Waals surface area contributed by atoms with Crippen LogP contribution in [0.3, 0.4) is 0 Å². The van der Waals surface area contributed by atoms with E-state index in [1.807, 2.05) is 66.0 Å². The summed E-state index contributed by atoms with van der Waals surface area (Å²) in [4.78, 5) is 39.3. The molecule has 9 heteroatoms. The van der Waals surface area contributed by atoms with Crippen LogP contribution in [-0.4, -0.2) is 64.3 Å². The fourth-order valence-corrected chi connectivity index (χ4v) is 5.52. The lowest BCUT2D eigenvalue weighted by atomic mass is 9.84. The first kappa shape index (κ1) is 30.8. The van der Waals surface area contributed by atoms with E-state index in [0.29, 0.717) is 18.4 Å². The number of thiophene rings is 1. The van der Waals surface area contributed by atoms with Crippen LogP contribution < -0.4 is 10.6 Å². The number of carbonyl (C=O) groups excluding carboxylic acids is 2. The first-order valence-corrected chi connectivity index (χ1v) is 14.2. The number of carboxylic acid groups (broad SMARTS) is 1. The van der Waals surface area contributed by atoms with Gasteiger partial charge in [-0.05, 0) is 47.3 Å². The maximum absolute atomic E-state index is 13.6. The minimum Gasteiger partial charge on any atom is -0.465 e.